The van der Waals surface area contributed by atoms with Crippen molar-refractivity contribution >= 4 is 48.5 Å². The minimum Gasteiger partial charge on any atom is -0.491 e. The first-order chi connectivity index (χ1) is 21.9. The number of hydrogen-bond acceptors (Lipinski definition) is 7. The van der Waals surface area contributed by atoms with Gasteiger partial charge in [0.15, 0.2) is 11.4 Å². The fraction of sp³-hybridized carbons (Fsp3) is 0.576. The van der Waals surface area contributed by atoms with E-state index in [1.165, 1.54) is 24.9 Å². The van der Waals surface area contributed by atoms with Gasteiger partial charge < -0.3 is 24.7 Å². The van der Waals surface area contributed by atoms with E-state index in [0.717, 1.165) is 10.6 Å². The van der Waals surface area contributed by atoms with Crippen molar-refractivity contribution in [3.63, 3.8) is 0 Å². The molecule has 0 atom stereocenters. The number of esters is 1. The average molecular weight is 714 g/mol. The molecular formula is C33H47ClF3N5O5Si. The zero-order valence-corrected chi connectivity index (χ0v) is 31.1. The number of alkyl halides is 3. The lowest BCUT2D eigenvalue weighted by atomic mass is 9.81. The van der Waals surface area contributed by atoms with Crippen molar-refractivity contribution in [2.45, 2.75) is 91.4 Å². The smallest absolute Gasteiger partial charge is 0.390 e. The molecule has 0 fully saturated rings. The van der Waals surface area contributed by atoms with Crippen molar-refractivity contribution in [1.29, 1.82) is 0 Å². The van der Waals surface area contributed by atoms with Gasteiger partial charge >= 0.3 is 12.1 Å². The van der Waals surface area contributed by atoms with E-state index in [1.807, 2.05) is 13.8 Å². The van der Waals surface area contributed by atoms with Crippen LogP contribution in [0.4, 0.5) is 19.1 Å². The zero-order chi connectivity index (χ0) is 36.4. The number of nitrogens with zero attached hydrogens (tertiary/aromatic N) is 3. The quantitative estimate of drug-likeness (QED) is 0.142. The second-order valence-corrected chi connectivity index (χ2v) is 21.1. The number of aromatic nitrogens is 3. The van der Waals surface area contributed by atoms with Gasteiger partial charge in [-0.1, -0.05) is 52.0 Å². The van der Waals surface area contributed by atoms with E-state index in [9.17, 15) is 27.6 Å². The maximum absolute atomic E-state index is 14.0. The minimum atomic E-state index is -4.41. The Bertz CT molecular complexity index is 1720. The summed E-state index contributed by atoms with van der Waals surface area (Å²) in [5.41, 5.74) is -0.376. The van der Waals surface area contributed by atoms with Crippen LogP contribution in [0.25, 0.3) is 22.2 Å². The molecule has 48 heavy (non-hydrogen) atoms. The Kier molecular flexibility index (Phi) is 11.8. The van der Waals surface area contributed by atoms with E-state index in [1.54, 1.807) is 12.1 Å². The molecule has 0 radical (unpaired) electrons. The molecule has 0 aliphatic carbocycles. The molecule has 10 nitrogen and oxygen atoms in total. The summed E-state index contributed by atoms with van der Waals surface area (Å²) >= 11 is 6.84. The maximum Gasteiger partial charge on any atom is 0.390 e. The van der Waals surface area contributed by atoms with Gasteiger partial charge in [0, 0.05) is 39.0 Å². The molecule has 1 aromatic carbocycles. The van der Waals surface area contributed by atoms with Crippen molar-refractivity contribution in [2.75, 3.05) is 25.6 Å². The number of nitrogens with one attached hydrogen (secondary N) is 2. The van der Waals surface area contributed by atoms with Gasteiger partial charge in [0.05, 0.1) is 36.1 Å². The molecule has 3 aromatic rings. The fourth-order valence-corrected chi connectivity index (χ4v) is 6.59. The van der Waals surface area contributed by atoms with Crippen molar-refractivity contribution in [3.8, 4) is 16.9 Å². The van der Waals surface area contributed by atoms with Crippen LogP contribution in [0, 0.1) is 5.41 Å². The molecule has 2 heterocycles. The molecule has 3 rings (SSSR count). The number of methoxy groups -OCH3 is 1. The highest BCUT2D eigenvalue weighted by Gasteiger charge is 2.31. The first kappa shape index (κ1) is 38.9. The molecule has 2 aromatic heterocycles. The third-order valence-electron chi connectivity index (χ3n) is 7.44. The first-order valence-corrected chi connectivity index (χ1v) is 19.8. The number of amides is 1. The molecule has 15 heteroatoms. The van der Waals surface area contributed by atoms with Gasteiger partial charge in [-0.15, -0.1) is 0 Å². The lowest BCUT2D eigenvalue weighted by Crippen LogP contribution is -2.46. The summed E-state index contributed by atoms with van der Waals surface area (Å²) in [5.74, 6) is -0.963. The maximum atomic E-state index is 14.0. The molecule has 0 aliphatic heterocycles. The number of fused-ring (bicyclic) bond motifs is 1. The van der Waals surface area contributed by atoms with Gasteiger partial charge in [-0.3, -0.25) is 19.0 Å². The van der Waals surface area contributed by atoms with Crippen LogP contribution in [0.5, 0.6) is 5.75 Å². The molecule has 0 spiro atoms. The van der Waals surface area contributed by atoms with Gasteiger partial charge in [-0.05, 0) is 49.4 Å². The number of hydrogen-bond donors (Lipinski definition) is 2. The van der Waals surface area contributed by atoms with Gasteiger partial charge in [0.1, 0.15) is 6.54 Å². The van der Waals surface area contributed by atoms with Gasteiger partial charge in [0.25, 0.3) is 11.5 Å². The Labute approximate surface area is 285 Å². The van der Waals surface area contributed by atoms with Crippen LogP contribution in [0.15, 0.2) is 23.1 Å². The first-order valence-electron chi connectivity index (χ1n) is 15.7. The van der Waals surface area contributed by atoms with Crippen LogP contribution >= 0.6 is 11.6 Å². The van der Waals surface area contributed by atoms with E-state index in [-0.39, 0.29) is 45.3 Å². The third-order valence-corrected chi connectivity index (χ3v) is 9.42. The summed E-state index contributed by atoms with van der Waals surface area (Å²) in [6, 6.07) is 3.99. The zero-order valence-electron chi connectivity index (χ0n) is 29.4. The van der Waals surface area contributed by atoms with Crippen LogP contribution in [0.3, 0.4) is 0 Å². The predicted octanol–water partition coefficient (Wildman–Crippen LogP) is 7.25. The SMILES string of the molecule is COC(=O)Cn1cc(-c2cc(Cl)c(OCC[Si](C)(C)C)c(C(=O)NC(C)(C)CC(C)(C)C)c2)c2c(=O)n(C)c(NCCC(F)(F)F)nc21. The summed E-state index contributed by atoms with van der Waals surface area (Å²) in [6.07, 6.45) is -3.37. The molecule has 0 bridgehead atoms. The van der Waals surface area contributed by atoms with Crippen molar-refractivity contribution in [1.82, 2.24) is 19.4 Å². The number of halogens is 4. The van der Waals surface area contributed by atoms with Gasteiger partial charge in [-0.2, -0.15) is 18.2 Å². The number of ether oxygens (including phenoxy) is 2. The van der Waals surface area contributed by atoms with Crippen LogP contribution in [0.2, 0.25) is 30.7 Å². The second-order valence-electron chi connectivity index (χ2n) is 15.1. The highest BCUT2D eigenvalue weighted by molar-refractivity contribution is 6.76. The van der Waals surface area contributed by atoms with Crippen LogP contribution in [0.1, 0.15) is 57.8 Å². The fourth-order valence-electron chi connectivity index (χ4n) is 5.60. The van der Waals surface area contributed by atoms with Crippen LogP contribution < -0.4 is 20.9 Å². The van der Waals surface area contributed by atoms with Crippen molar-refractivity contribution in [2.24, 2.45) is 12.5 Å². The predicted molar refractivity (Wildman–Crippen MR) is 186 cm³/mol. The van der Waals surface area contributed by atoms with E-state index in [4.69, 9.17) is 21.1 Å². The number of anilines is 1. The summed E-state index contributed by atoms with van der Waals surface area (Å²) in [4.78, 5) is 44.6. The van der Waals surface area contributed by atoms with Crippen LogP contribution in [-0.2, 0) is 23.1 Å². The summed E-state index contributed by atoms with van der Waals surface area (Å²) in [5, 5.41) is 5.90. The normalized spacial score (nSPS) is 12.7. The van der Waals surface area contributed by atoms with E-state index in [2.05, 4.69) is 56.0 Å². The lowest BCUT2D eigenvalue weighted by Gasteiger charge is -2.33. The highest BCUT2D eigenvalue weighted by Crippen LogP contribution is 2.38. The average Bonchev–Trinajstić information content (AvgIpc) is 3.26. The van der Waals surface area contributed by atoms with Crippen molar-refractivity contribution in [3.05, 3.63) is 39.3 Å². The standard InChI is InChI=1S/C33H47ClF3N5O5Si/c1-31(2,3)19-32(4,5)40-28(44)21-15-20(16-23(34)26(21)47-13-14-48(8,9)10)22-17-42(18-24(43)46-7)27-25(22)29(45)41(6)30(39-27)38-12-11-33(35,36)37/h15-17H,11-14,18-19H2,1-10H3,(H,38,39)(H,40,44). The largest absolute Gasteiger partial charge is 0.491 e. The molecule has 0 saturated heterocycles. The minimum absolute atomic E-state index is 0.0388. The Morgan fingerprint density at radius 1 is 1.08 bits per heavy atom. The molecular weight excluding hydrogens is 667 g/mol. The Morgan fingerprint density at radius 2 is 1.73 bits per heavy atom. The van der Waals surface area contributed by atoms with Crippen molar-refractivity contribution < 1.29 is 32.2 Å². The van der Waals surface area contributed by atoms with E-state index >= 15 is 0 Å². The molecule has 0 unspecified atom stereocenters. The number of rotatable bonds is 13. The Hall–Kier alpha value is -3.52. The Morgan fingerprint density at radius 3 is 2.29 bits per heavy atom. The monoisotopic (exact) mass is 713 g/mol. The third kappa shape index (κ3) is 10.5. The highest BCUT2D eigenvalue weighted by atomic mass is 35.5. The lowest BCUT2D eigenvalue weighted by molar-refractivity contribution is -0.141. The van der Waals surface area contributed by atoms with E-state index in [0.29, 0.717) is 24.2 Å². The molecule has 2 N–H and O–H groups in total. The summed E-state index contributed by atoms with van der Waals surface area (Å²) in [6.45, 7) is 16.2. The van der Waals surface area contributed by atoms with Crippen LogP contribution in [-0.4, -0.2) is 66.0 Å². The molecule has 266 valence electrons. The second kappa shape index (κ2) is 14.5. The molecule has 1 amide bonds. The van der Waals surface area contributed by atoms with E-state index < -0.39 is 50.2 Å². The summed E-state index contributed by atoms with van der Waals surface area (Å²) < 4.78 is 52.0. The molecule has 0 saturated carbocycles. The Balaban J connectivity index is 2.24. The number of carbonyl (C=O) groups is 2. The van der Waals surface area contributed by atoms with Gasteiger partial charge in [-0.25, -0.2) is 0 Å². The topological polar surface area (TPSA) is 116 Å². The van der Waals surface area contributed by atoms with Gasteiger partial charge in [0.2, 0.25) is 5.95 Å². The summed E-state index contributed by atoms with van der Waals surface area (Å²) in [7, 11) is 1.09. The number of benzene rings is 1. The number of carbonyl (C=O) groups excluding carboxylic acids is 2. The molecule has 0 aliphatic rings.